The molecular weight excluding hydrogens is 398 g/mol. The van der Waals surface area contributed by atoms with Crippen LogP contribution in [0.3, 0.4) is 0 Å². The molecule has 8 heteroatoms. The summed E-state index contributed by atoms with van der Waals surface area (Å²) in [6.07, 6.45) is -0.313. The van der Waals surface area contributed by atoms with Crippen molar-refractivity contribution in [3.8, 4) is 5.75 Å². The lowest BCUT2D eigenvalue weighted by Crippen LogP contribution is -2.33. The van der Waals surface area contributed by atoms with Crippen LogP contribution in [0.2, 0.25) is 0 Å². The van der Waals surface area contributed by atoms with Gasteiger partial charge in [-0.05, 0) is 36.4 Å². The molecule has 2 rings (SSSR count). The van der Waals surface area contributed by atoms with E-state index in [1.54, 1.807) is 36.4 Å². The average molecular weight is 414 g/mol. The van der Waals surface area contributed by atoms with Crippen LogP contribution in [0, 0.1) is 0 Å². The Kier molecular flexibility index (Phi) is 5.84. The smallest absolute Gasteiger partial charge is 0.305 e. The monoisotopic (exact) mass is 413 g/mol. The van der Waals surface area contributed by atoms with Crippen LogP contribution >= 0.6 is 15.9 Å². The highest BCUT2D eigenvalue weighted by Crippen LogP contribution is 2.27. The van der Waals surface area contributed by atoms with Gasteiger partial charge in [0.05, 0.1) is 24.1 Å². The summed E-state index contributed by atoms with van der Waals surface area (Å²) in [5, 5.41) is 8.93. The fourth-order valence-electron chi connectivity index (χ4n) is 2.08. The van der Waals surface area contributed by atoms with Crippen molar-refractivity contribution in [1.82, 2.24) is 0 Å². The number of carbonyl (C=O) groups is 1. The molecule has 2 aromatic carbocycles. The Morgan fingerprint density at radius 2 is 1.88 bits per heavy atom. The number of rotatable bonds is 7. The van der Waals surface area contributed by atoms with E-state index >= 15 is 0 Å². The molecule has 0 spiro atoms. The van der Waals surface area contributed by atoms with Crippen LogP contribution in [0.4, 0.5) is 5.69 Å². The number of hydrogen-bond acceptors (Lipinski definition) is 4. The van der Waals surface area contributed by atoms with Crippen LogP contribution in [-0.4, -0.2) is 33.1 Å². The van der Waals surface area contributed by atoms with Crippen LogP contribution in [0.1, 0.15) is 6.42 Å². The highest BCUT2D eigenvalue weighted by molar-refractivity contribution is 9.10. The van der Waals surface area contributed by atoms with E-state index in [1.807, 2.05) is 0 Å². The Labute approximate surface area is 148 Å². The lowest BCUT2D eigenvalue weighted by atomic mass is 10.3. The van der Waals surface area contributed by atoms with Gasteiger partial charge in [0.15, 0.2) is 0 Å². The molecule has 0 saturated carbocycles. The number of hydrogen-bond donors (Lipinski definition) is 1. The van der Waals surface area contributed by atoms with Gasteiger partial charge in [-0.25, -0.2) is 8.42 Å². The summed E-state index contributed by atoms with van der Waals surface area (Å²) in [4.78, 5) is 11.0. The quantitative estimate of drug-likeness (QED) is 0.753. The predicted octanol–water partition coefficient (Wildman–Crippen LogP) is 3.13. The second-order valence-corrected chi connectivity index (χ2v) is 7.65. The summed E-state index contributed by atoms with van der Waals surface area (Å²) in [7, 11) is -2.42. The maximum atomic E-state index is 12.9. The van der Waals surface area contributed by atoms with E-state index in [0.29, 0.717) is 11.4 Å². The van der Waals surface area contributed by atoms with E-state index in [0.717, 1.165) is 8.78 Å². The molecule has 1 N–H and O–H groups in total. The minimum atomic E-state index is -3.90. The fourth-order valence-corrected chi connectivity index (χ4v) is 3.81. The minimum Gasteiger partial charge on any atom is -0.497 e. The Bertz CT molecular complexity index is 821. The van der Waals surface area contributed by atoms with Crippen LogP contribution in [0.15, 0.2) is 57.9 Å². The van der Waals surface area contributed by atoms with E-state index in [2.05, 4.69) is 15.9 Å². The second kappa shape index (κ2) is 7.67. The molecule has 0 aromatic heterocycles. The fraction of sp³-hybridized carbons (Fsp3) is 0.188. The van der Waals surface area contributed by atoms with Gasteiger partial charge in [-0.1, -0.05) is 22.0 Å². The van der Waals surface area contributed by atoms with Crippen molar-refractivity contribution < 1.29 is 23.1 Å². The first-order chi connectivity index (χ1) is 11.3. The summed E-state index contributed by atoms with van der Waals surface area (Å²) >= 11 is 3.26. The van der Waals surface area contributed by atoms with Crippen molar-refractivity contribution >= 4 is 37.6 Å². The summed E-state index contributed by atoms with van der Waals surface area (Å²) in [5.74, 6) is -0.590. The molecule has 0 aliphatic heterocycles. The van der Waals surface area contributed by atoms with Crippen molar-refractivity contribution in [3.05, 3.63) is 53.0 Å². The molecule has 0 aliphatic carbocycles. The molecule has 0 fully saturated rings. The number of halogens is 1. The largest absolute Gasteiger partial charge is 0.497 e. The number of ether oxygens (including phenoxy) is 1. The standard InChI is InChI=1S/C16H16BrNO5S/c1-23-14-4-2-3-13(11-14)18(10-9-16(19)20)24(21,22)15-7-5-12(17)6-8-15/h2-8,11H,9-10H2,1H3,(H,19,20). The average Bonchev–Trinajstić information content (AvgIpc) is 2.55. The summed E-state index contributed by atoms with van der Waals surface area (Å²) in [5.41, 5.74) is 0.346. The predicted molar refractivity (Wildman–Crippen MR) is 93.9 cm³/mol. The van der Waals surface area contributed by atoms with Gasteiger partial charge in [0.1, 0.15) is 5.75 Å². The van der Waals surface area contributed by atoms with E-state index in [1.165, 1.54) is 19.2 Å². The van der Waals surface area contributed by atoms with Crippen LogP contribution in [0.5, 0.6) is 5.75 Å². The third kappa shape index (κ3) is 4.27. The maximum Gasteiger partial charge on any atom is 0.305 e. The maximum absolute atomic E-state index is 12.9. The highest BCUT2D eigenvalue weighted by atomic mass is 79.9. The van der Waals surface area contributed by atoms with Crippen molar-refractivity contribution in [2.45, 2.75) is 11.3 Å². The summed E-state index contributed by atoms with van der Waals surface area (Å²) in [6, 6.07) is 12.7. The summed E-state index contributed by atoms with van der Waals surface area (Å²) < 4.78 is 32.8. The third-order valence-electron chi connectivity index (χ3n) is 3.27. The van der Waals surface area contributed by atoms with Gasteiger partial charge in [-0.3, -0.25) is 9.10 Å². The molecule has 0 bridgehead atoms. The minimum absolute atomic E-state index is 0.0823. The highest BCUT2D eigenvalue weighted by Gasteiger charge is 2.25. The van der Waals surface area contributed by atoms with Crippen LogP contribution in [-0.2, 0) is 14.8 Å². The van der Waals surface area contributed by atoms with E-state index < -0.39 is 16.0 Å². The first-order valence-corrected chi connectivity index (χ1v) is 9.22. The van der Waals surface area contributed by atoms with E-state index in [4.69, 9.17) is 9.84 Å². The van der Waals surface area contributed by atoms with Gasteiger partial charge in [0.25, 0.3) is 10.0 Å². The number of anilines is 1. The first kappa shape index (κ1) is 18.3. The molecule has 128 valence electrons. The van der Waals surface area contributed by atoms with Gasteiger partial charge < -0.3 is 9.84 Å². The normalized spacial score (nSPS) is 11.1. The molecule has 0 aliphatic rings. The number of nitrogens with zero attached hydrogens (tertiary/aromatic N) is 1. The van der Waals surface area contributed by atoms with Gasteiger partial charge in [0, 0.05) is 17.1 Å². The number of sulfonamides is 1. The Hall–Kier alpha value is -2.06. The molecule has 0 radical (unpaired) electrons. The second-order valence-electron chi connectivity index (χ2n) is 4.88. The van der Waals surface area contributed by atoms with E-state index in [-0.39, 0.29) is 17.9 Å². The van der Waals surface area contributed by atoms with Crippen molar-refractivity contribution in [1.29, 1.82) is 0 Å². The summed E-state index contributed by atoms with van der Waals surface area (Å²) in [6.45, 7) is -0.180. The van der Waals surface area contributed by atoms with Crippen LogP contribution in [0.25, 0.3) is 0 Å². The SMILES string of the molecule is COc1cccc(N(CCC(=O)O)S(=O)(=O)c2ccc(Br)cc2)c1. The molecule has 6 nitrogen and oxygen atoms in total. The lowest BCUT2D eigenvalue weighted by Gasteiger charge is -2.24. The first-order valence-electron chi connectivity index (χ1n) is 6.99. The molecule has 0 atom stereocenters. The van der Waals surface area contributed by atoms with Gasteiger partial charge in [0.2, 0.25) is 0 Å². The zero-order chi connectivity index (χ0) is 17.7. The van der Waals surface area contributed by atoms with Crippen molar-refractivity contribution in [2.75, 3.05) is 18.0 Å². The van der Waals surface area contributed by atoms with Crippen molar-refractivity contribution in [3.63, 3.8) is 0 Å². The van der Waals surface area contributed by atoms with Gasteiger partial charge in [-0.15, -0.1) is 0 Å². The van der Waals surface area contributed by atoms with Crippen molar-refractivity contribution in [2.24, 2.45) is 0 Å². The molecule has 0 heterocycles. The van der Waals surface area contributed by atoms with Gasteiger partial charge >= 0.3 is 5.97 Å². The topological polar surface area (TPSA) is 83.9 Å². The number of methoxy groups -OCH3 is 1. The van der Waals surface area contributed by atoms with Crippen LogP contribution < -0.4 is 9.04 Å². The number of aliphatic carboxylic acids is 1. The molecule has 0 amide bonds. The Morgan fingerprint density at radius 1 is 1.21 bits per heavy atom. The number of carboxylic acids is 1. The molecule has 24 heavy (non-hydrogen) atoms. The molecule has 2 aromatic rings. The Balaban J connectivity index is 2.48. The zero-order valence-corrected chi connectivity index (χ0v) is 15.2. The molecule has 0 saturated heterocycles. The number of carboxylic acid groups (broad SMARTS) is 1. The Morgan fingerprint density at radius 3 is 2.46 bits per heavy atom. The van der Waals surface area contributed by atoms with E-state index in [9.17, 15) is 13.2 Å². The number of benzene rings is 2. The lowest BCUT2D eigenvalue weighted by molar-refractivity contribution is -0.136. The molecule has 0 unspecified atom stereocenters. The third-order valence-corrected chi connectivity index (χ3v) is 5.64. The zero-order valence-electron chi connectivity index (χ0n) is 12.8. The molecular formula is C16H16BrNO5S. The van der Waals surface area contributed by atoms with Gasteiger partial charge in [-0.2, -0.15) is 0 Å².